The van der Waals surface area contributed by atoms with E-state index >= 15 is 0 Å². The number of Topliss-reactive ketones (excluding diaryl/α,β-unsaturated/α-hetero) is 1. The number of ether oxygens (including phenoxy) is 1. The summed E-state index contributed by atoms with van der Waals surface area (Å²) < 4.78 is 7.08. The first-order valence-corrected chi connectivity index (χ1v) is 10.3. The molecule has 7 heteroatoms. The highest BCUT2D eigenvalue weighted by molar-refractivity contribution is 5.86. The molecule has 4 heterocycles. The maximum Gasteiger partial charge on any atom is 0.142 e. The molecule has 0 spiro atoms. The van der Waals surface area contributed by atoms with E-state index in [1.54, 1.807) is 4.68 Å². The van der Waals surface area contributed by atoms with Crippen LogP contribution in [0.15, 0.2) is 36.7 Å². The summed E-state index contributed by atoms with van der Waals surface area (Å²) in [5.74, 6) is 0.415. The second-order valence-electron chi connectivity index (χ2n) is 8.16. The first-order chi connectivity index (χ1) is 14.2. The Labute approximate surface area is 169 Å². The molecule has 0 unspecified atom stereocenters. The van der Waals surface area contributed by atoms with E-state index in [-0.39, 0.29) is 11.7 Å². The van der Waals surface area contributed by atoms with Crippen LogP contribution < -0.4 is 0 Å². The lowest BCUT2D eigenvalue weighted by Crippen LogP contribution is -2.52. The Morgan fingerprint density at radius 1 is 1.14 bits per heavy atom. The monoisotopic (exact) mass is 391 g/mol. The van der Waals surface area contributed by atoms with Crippen LogP contribution in [0, 0.1) is 5.92 Å². The standard InChI is InChI=1S/C22H25N5O2/c1-26-12-18(11-23-26)16-2-3-21-17(8-16)9-19(24-25-21)10-22(28)15-4-6-27(7-5-15)20-13-29-14-20/h2-3,8-9,11-12,15,20H,4-7,10,13-14H2,1H3. The number of fused-ring (bicyclic) bond motifs is 1. The fraction of sp³-hybridized carbons (Fsp3) is 0.455. The van der Waals surface area contributed by atoms with Crippen LogP contribution >= 0.6 is 0 Å². The predicted molar refractivity (Wildman–Crippen MR) is 109 cm³/mol. The van der Waals surface area contributed by atoms with Crippen molar-refractivity contribution in [2.45, 2.75) is 25.3 Å². The average molecular weight is 391 g/mol. The second kappa shape index (κ2) is 7.65. The van der Waals surface area contributed by atoms with Gasteiger partial charge < -0.3 is 4.74 Å². The zero-order chi connectivity index (χ0) is 19.8. The third kappa shape index (κ3) is 3.80. The fourth-order valence-corrected chi connectivity index (χ4v) is 4.27. The van der Waals surface area contributed by atoms with Gasteiger partial charge in [0.25, 0.3) is 0 Å². The van der Waals surface area contributed by atoms with Crippen LogP contribution in [0.3, 0.4) is 0 Å². The Morgan fingerprint density at radius 2 is 1.97 bits per heavy atom. The van der Waals surface area contributed by atoms with E-state index in [0.717, 1.165) is 66.9 Å². The normalized spacial score (nSPS) is 18.8. The average Bonchev–Trinajstić information content (AvgIpc) is 3.13. The molecule has 0 amide bonds. The molecule has 0 bridgehead atoms. The number of carbonyl (C=O) groups excluding carboxylic acids is 1. The number of benzene rings is 1. The van der Waals surface area contributed by atoms with Crippen molar-refractivity contribution in [2.24, 2.45) is 13.0 Å². The summed E-state index contributed by atoms with van der Waals surface area (Å²) in [6, 6.07) is 8.65. The first kappa shape index (κ1) is 18.4. The van der Waals surface area contributed by atoms with Gasteiger partial charge in [-0.1, -0.05) is 6.07 Å². The van der Waals surface area contributed by atoms with E-state index in [0.29, 0.717) is 12.5 Å². The summed E-state index contributed by atoms with van der Waals surface area (Å²) in [7, 11) is 1.91. The Hall–Kier alpha value is -2.64. The highest BCUT2D eigenvalue weighted by Gasteiger charge is 2.31. The Morgan fingerprint density at radius 3 is 2.66 bits per heavy atom. The zero-order valence-corrected chi connectivity index (χ0v) is 16.6. The van der Waals surface area contributed by atoms with Gasteiger partial charge in [0.2, 0.25) is 0 Å². The maximum absolute atomic E-state index is 12.8. The number of piperidine rings is 1. The third-order valence-electron chi connectivity index (χ3n) is 6.15. The number of nitrogens with zero attached hydrogens (tertiary/aromatic N) is 5. The van der Waals surface area contributed by atoms with Crippen molar-refractivity contribution < 1.29 is 9.53 Å². The number of hydrogen-bond donors (Lipinski definition) is 0. The van der Waals surface area contributed by atoms with Crippen molar-refractivity contribution in [3.63, 3.8) is 0 Å². The summed E-state index contributed by atoms with van der Waals surface area (Å²) in [6.07, 6.45) is 6.06. The van der Waals surface area contributed by atoms with Gasteiger partial charge in [0.05, 0.1) is 43.1 Å². The molecule has 2 aromatic heterocycles. The lowest BCUT2D eigenvalue weighted by Gasteiger charge is -2.41. The van der Waals surface area contributed by atoms with Crippen LogP contribution in [0.5, 0.6) is 0 Å². The van der Waals surface area contributed by atoms with Crippen LogP contribution in [-0.2, 0) is 23.0 Å². The third-order valence-corrected chi connectivity index (χ3v) is 6.15. The van der Waals surface area contributed by atoms with E-state index in [9.17, 15) is 4.79 Å². The molecule has 0 radical (unpaired) electrons. The molecule has 29 heavy (non-hydrogen) atoms. The maximum atomic E-state index is 12.8. The van der Waals surface area contributed by atoms with Gasteiger partial charge in [-0.2, -0.15) is 15.3 Å². The van der Waals surface area contributed by atoms with Crippen molar-refractivity contribution >= 4 is 16.7 Å². The molecule has 150 valence electrons. The summed E-state index contributed by atoms with van der Waals surface area (Å²) >= 11 is 0. The van der Waals surface area contributed by atoms with Gasteiger partial charge in [0.15, 0.2) is 0 Å². The molecule has 2 aliphatic rings. The molecular weight excluding hydrogens is 366 g/mol. The predicted octanol–water partition coefficient (Wildman–Crippen LogP) is 2.25. The molecule has 3 aromatic rings. The van der Waals surface area contributed by atoms with Gasteiger partial charge in [-0.3, -0.25) is 14.4 Å². The Kier molecular flexibility index (Phi) is 4.85. The van der Waals surface area contributed by atoms with Gasteiger partial charge in [-0.05, 0) is 49.7 Å². The highest BCUT2D eigenvalue weighted by Crippen LogP contribution is 2.25. The largest absolute Gasteiger partial charge is 0.378 e. The quantitative estimate of drug-likeness (QED) is 0.664. The molecule has 2 saturated heterocycles. The lowest BCUT2D eigenvalue weighted by molar-refractivity contribution is -0.125. The van der Waals surface area contributed by atoms with E-state index in [4.69, 9.17) is 4.74 Å². The van der Waals surface area contributed by atoms with Crippen molar-refractivity contribution in [3.05, 3.63) is 42.4 Å². The van der Waals surface area contributed by atoms with Crippen molar-refractivity contribution in [1.29, 1.82) is 0 Å². The number of rotatable bonds is 5. The van der Waals surface area contributed by atoms with Crippen LogP contribution in [0.1, 0.15) is 18.5 Å². The SMILES string of the molecule is Cn1cc(-c2ccc3nnc(CC(=O)C4CCN(C5COC5)CC4)cc3c2)cn1. The molecule has 2 fully saturated rings. The highest BCUT2D eigenvalue weighted by atomic mass is 16.5. The molecule has 0 atom stereocenters. The molecule has 0 N–H and O–H groups in total. The molecule has 0 saturated carbocycles. The number of aromatic nitrogens is 4. The number of ketones is 1. The van der Waals surface area contributed by atoms with Gasteiger partial charge in [-0.15, -0.1) is 0 Å². The van der Waals surface area contributed by atoms with Gasteiger partial charge in [-0.25, -0.2) is 0 Å². The van der Waals surface area contributed by atoms with Gasteiger partial charge in [0, 0.05) is 30.1 Å². The van der Waals surface area contributed by atoms with Crippen molar-refractivity contribution in [1.82, 2.24) is 24.9 Å². The lowest BCUT2D eigenvalue weighted by atomic mass is 9.89. The van der Waals surface area contributed by atoms with E-state index in [2.05, 4.69) is 26.3 Å². The number of hydrogen-bond acceptors (Lipinski definition) is 6. The van der Waals surface area contributed by atoms with Crippen LogP contribution in [0.2, 0.25) is 0 Å². The number of carbonyl (C=O) groups is 1. The molecule has 7 nitrogen and oxygen atoms in total. The summed E-state index contributed by atoms with van der Waals surface area (Å²) in [4.78, 5) is 15.3. The fourth-order valence-electron chi connectivity index (χ4n) is 4.27. The summed E-state index contributed by atoms with van der Waals surface area (Å²) in [5.41, 5.74) is 3.74. The minimum atomic E-state index is 0.131. The minimum Gasteiger partial charge on any atom is -0.378 e. The van der Waals surface area contributed by atoms with Crippen molar-refractivity contribution in [2.75, 3.05) is 26.3 Å². The van der Waals surface area contributed by atoms with Crippen LogP contribution in [-0.4, -0.2) is 63.0 Å². The van der Waals surface area contributed by atoms with Crippen LogP contribution in [0.4, 0.5) is 0 Å². The summed E-state index contributed by atoms with van der Waals surface area (Å²) in [6.45, 7) is 3.66. The molecular formula is C22H25N5O2. The number of aryl methyl sites for hydroxylation is 1. The smallest absolute Gasteiger partial charge is 0.142 e. The van der Waals surface area contributed by atoms with Gasteiger partial charge >= 0.3 is 0 Å². The van der Waals surface area contributed by atoms with Crippen LogP contribution in [0.25, 0.3) is 22.0 Å². The molecule has 1 aromatic carbocycles. The summed E-state index contributed by atoms with van der Waals surface area (Å²) in [5, 5.41) is 13.9. The molecule has 0 aliphatic carbocycles. The van der Waals surface area contributed by atoms with Gasteiger partial charge in [0.1, 0.15) is 5.78 Å². The zero-order valence-electron chi connectivity index (χ0n) is 16.6. The van der Waals surface area contributed by atoms with E-state index < -0.39 is 0 Å². The topological polar surface area (TPSA) is 73.1 Å². The number of likely N-dealkylation sites (tertiary alicyclic amines) is 1. The Bertz CT molecular complexity index is 1030. The first-order valence-electron chi connectivity index (χ1n) is 10.3. The van der Waals surface area contributed by atoms with Crippen molar-refractivity contribution in [3.8, 4) is 11.1 Å². The molecule has 5 rings (SSSR count). The minimum absolute atomic E-state index is 0.131. The Balaban J connectivity index is 1.28. The molecule has 2 aliphatic heterocycles. The van der Waals surface area contributed by atoms with E-state index in [1.807, 2.05) is 37.6 Å². The second-order valence-corrected chi connectivity index (χ2v) is 8.16. The van der Waals surface area contributed by atoms with E-state index in [1.165, 1.54) is 0 Å².